The first kappa shape index (κ1) is 20.5. The molecule has 32 heavy (non-hydrogen) atoms. The number of fused-ring (bicyclic) bond motifs is 1. The fourth-order valence-electron chi connectivity index (χ4n) is 4.82. The number of carbonyl (C=O) groups is 1. The summed E-state index contributed by atoms with van der Waals surface area (Å²) >= 11 is 0. The molecule has 0 bridgehead atoms. The second-order valence-corrected chi connectivity index (χ2v) is 9.35. The molecule has 2 saturated carbocycles. The van der Waals surface area contributed by atoms with Crippen molar-refractivity contribution in [3.05, 3.63) is 35.5 Å². The average molecular weight is 436 g/mol. The van der Waals surface area contributed by atoms with E-state index in [2.05, 4.69) is 20.4 Å². The Kier molecular flexibility index (Phi) is 4.91. The van der Waals surface area contributed by atoms with E-state index >= 15 is 0 Å². The van der Waals surface area contributed by atoms with E-state index in [9.17, 15) is 4.79 Å². The Morgan fingerprint density at radius 2 is 2.09 bits per heavy atom. The van der Waals surface area contributed by atoms with Crippen molar-refractivity contribution in [2.75, 3.05) is 38.8 Å². The van der Waals surface area contributed by atoms with E-state index in [4.69, 9.17) is 10.5 Å². The van der Waals surface area contributed by atoms with Crippen LogP contribution in [0.2, 0.25) is 0 Å². The van der Waals surface area contributed by atoms with E-state index in [0.717, 1.165) is 17.6 Å². The number of aromatic nitrogens is 4. The van der Waals surface area contributed by atoms with Crippen LogP contribution in [0.1, 0.15) is 41.6 Å². The first-order valence-corrected chi connectivity index (χ1v) is 11.0. The van der Waals surface area contributed by atoms with E-state index in [1.54, 1.807) is 38.4 Å². The van der Waals surface area contributed by atoms with Crippen molar-refractivity contribution in [2.45, 2.75) is 32.2 Å². The number of hydrogen-bond acceptors (Lipinski definition) is 7. The molecule has 1 spiro atoms. The summed E-state index contributed by atoms with van der Waals surface area (Å²) in [5, 5.41) is 8.04. The highest BCUT2D eigenvalue weighted by Gasteiger charge is 2.52. The maximum atomic E-state index is 12.3. The van der Waals surface area contributed by atoms with Crippen LogP contribution in [-0.4, -0.2) is 58.3 Å². The second kappa shape index (κ2) is 7.65. The fraction of sp³-hybridized carbons (Fsp3) is 0.478. The van der Waals surface area contributed by atoms with Gasteiger partial charge in [0.05, 0.1) is 19.9 Å². The van der Waals surface area contributed by atoms with Crippen molar-refractivity contribution in [1.29, 1.82) is 0 Å². The number of hydrogen-bond donors (Lipinski definition) is 2. The van der Waals surface area contributed by atoms with Gasteiger partial charge in [-0.05, 0) is 49.1 Å². The molecule has 3 aromatic rings. The van der Waals surface area contributed by atoms with Crippen molar-refractivity contribution in [1.82, 2.24) is 24.6 Å². The van der Waals surface area contributed by atoms with Gasteiger partial charge in [0.1, 0.15) is 16.8 Å². The number of rotatable bonds is 7. The van der Waals surface area contributed by atoms with Crippen LogP contribution in [0.5, 0.6) is 5.75 Å². The lowest BCUT2D eigenvalue weighted by molar-refractivity contribution is 0.0827. The number of benzene rings is 1. The van der Waals surface area contributed by atoms with Crippen molar-refractivity contribution in [2.24, 2.45) is 11.3 Å². The van der Waals surface area contributed by atoms with Crippen molar-refractivity contribution < 1.29 is 9.53 Å². The summed E-state index contributed by atoms with van der Waals surface area (Å²) in [7, 11) is 5.06. The maximum Gasteiger partial charge on any atom is 0.253 e. The Bertz CT molecular complexity index is 1170. The van der Waals surface area contributed by atoms with Gasteiger partial charge in [0, 0.05) is 31.8 Å². The minimum Gasteiger partial charge on any atom is -0.496 e. The van der Waals surface area contributed by atoms with Crippen molar-refractivity contribution in [3.8, 4) is 5.75 Å². The number of nitrogens with one attached hydrogen (secondary N) is 1. The Hall–Kier alpha value is -3.36. The van der Waals surface area contributed by atoms with Crippen LogP contribution < -0.4 is 15.8 Å². The molecule has 0 radical (unpaired) electrons. The van der Waals surface area contributed by atoms with Gasteiger partial charge in [-0.1, -0.05) is 6.07 Å². The molecule has 5 rings (SSSR count). The summed E-state index contributed by atoms with van der Waals surface area (Å²) in [5.41, 5.74) is 9.62. The van der Waals surface area contributed by atoms with Crippen molar-refractivity contribution >= 4 is 28.7 Å². The number of carbonyl (C=O) groups excluding carboxylic acids is 1. The van der Waals surface area contributed by atoms with Crippen LogP contribution in [-0.2, 0) is 6.54 Å². The highest BCUT2D eigenvalue weighted by atomic mass is 16.5. The average Bonchev–Trinajstić information content (AvgIpc) is 3.46. The number of nitrogens with zero attached hydrogens (tertiary/aromatic N) is 5. The highest BCUT2D eigenvalue weighted by Crippen LogP contribution is 2.63. The molecule has 0 saturated heterocycles. The summed E-state index contributed by atoms with van der Waals surface area (Å²) in [4.78, 5) is 22.7. The Labute approximate surface area is 187 Å². The summed E-state index contributed by atoms with van der Waals surface area (Å²) in [5.74, 6) is 2.19. The molecule has 9 nitrogen and oxygen atoms in total. The molecule has 1 amide bonds. The van der Waals surface area contributed by atoms with Gasteiger partial charge in [-0.25, -0.2) is 4.98 Å². The van der Waals surface area contributed by atoms with E-state index in [0.29, 0.717) is 40.5 Å². The quantitative estimate of drug-likeness (QED) is 0.587. The number of anilines is 2. The van der Waals surface area contributed by atoms with Gasteiger partial charge in [-0.2, -0.15) is 10.1 Å². The Morgan fingerprint density at radius 1 is 1.31 bits per heavy atom. The molecule has 9 heteroatoms. The molecule has 2 aromatic heterocycles. The third-order valence-electron chi connectivity index (χ3n) is 6.72. The summed E-state index contributed by atoms with van der Waals surface area (Å²) in [6.07, 6.45) is 7.09. The number of methoxy groups -OCH3 is 1. The monoisotopic (exact) mass is 435 g/mol. The lowest BCUT2D eigenvalue weighted by Gasteiger charge is -2.36. The standard InChI is InChI=1S/C23H29N7O2/c1-29(2)21(31)15-4-5-16(18(8-15)32-3)13-30-19-17(12-26-30)27-22(24)28-20(19)25-11-14-9-23(10-14)6-7-23/h4-5,8,12,14H,6-7,9-11,13H2,1-3H3,(H3,24,25,27,28). The Balaban J connectivity index is 1.41. The van der Waals surface area contributed by atoms with Gasteiger partial charge >= 0.3 is 0 Å². The number of nitrogen functional groups attached to an aromatic ring is 1. The third-order valence-corrected chi connectivity index (χ3v) is 6.72. The molecular weight excluding hydrogens is 406 g/mol. The van der Waals surface area contributed by atoms with E-state index in [-0.39, 0.29) is 11.9 Å². The zero-order valence-corrected chi connectivity index (χ0v) is 18.8. The van der Waals surface area contributed by atoms with Crippen LogP contribution in [0.25, 0.3) is 11.0 Å². The molecule has 0 atom stereocenters. The number of nitrogens with two attached hydrogens (primary N) is 1. The second-order valence-electron chi connectivity index (χ2n) is 9.35. The molecular formula is C23H29N7O2. The molecule has 168 valence electrons. The van der Waals surface area contributed by atoms with Crippen LogP contribution in [0.3, 0.4) is 0 Å². The predicted molar refractivity (Wildman–Crippen MR) is 123 cm³/mol. The third kappa shape index (κ3) is 3.72. The predicted octanol–water partition coefficient (Wildman–Crippen LogP) is 2.77. The van der Waals surface area contributed by atoms with Gasteiger partial charge in [0.25, 0.3) is 5.91 Å². The van der Waals surface area contributed by atoms with Crippen LogP contribution in [0.15, 0.2) is 24.4 Å². The van der Waals surface area contributed by atoms with Crippen LogP contribution >= 0.6 is 0 Å². The lowest BCUT2D eigenvalue weighted by atomic mass is 9.72. The minimum atomic E-state index is -0.0706. The molecule has 3 N–H and O–H groups in total. The normalized spacial score (nSPS) is 16.7. The van der Waals surface area contributed by atoms with E-state index < -0.39 is 0 Å². The largest absolute Gasteiger partial charge is 0.496 e. The smallest absolute Gasteiger partial charge is 0.253 e. The first-order chi connectivity index (χ1) is 15.4. The molecule has 2 heterocycles. The summed E-state index contributed by atoms with van der Waals surface area (Å²) in [6.45, 7) is 1.33. The zero-order chi connectivity index (χ0) is 22.5. The van der Waals surface area contributed by atoms with Gasteiger partial charge in [0.15, 0.2) is 5.82 Å². The zero-order valence-electron chi connectivity index (χ0n) is 18.8. The molecule has 0 unspecified atom stereocenters. The van der Waals surface area contributed by atoms with Crippen molar-refractivity contribution in [3.63, 3.8) is 0 Å². The molecule has 1 aromatic carbocycles. The first-order valence-electron chi connectivity index (χ1n) is 11.0. The maximum absolute atomic E-state index is 12.3. The van der Waals surface area contributed by atoms with Gasteiger partial charge < -0.3 is 20.7 Å². The lowest BCUT2D eigenvalue weighted by Crippen LogP contribution is -2.31. The van der Waals surface area contributed by atoms with Crippen LogP contribution in [0, 0.1) is 11.3 Å². The van der Waals surface area contributed by atoms with E-state index in [1.165, 1.54) is 25.7 Å². The van der Waals surface area contributed by atoms with Gasteiger partial charge in [-0.15, -0.1) is 0 Å². The van der Waals surface area contributed by atoms with E-state index in [1.807, 2.05) is 16.8 Å². The molecule has 2 fully saturated rings. The summed E-state index contributed by atoms with van der Waals surface area (Å²) < 4.78 is 7.43. The topological polar surface area (TPSA) is 111 Å². The van der Waals surface area contributed by atoms with Gasteiger partial charge in [0.2, 0.25) is 5.95 Å². The highest BCUT2D eigenvalue weighted by molar-refractivity contribution is 5.94. The number of ether oxygens (including phenoxy) is 1. The molecule has 2 aliphatic carbocycles. The molecule has 0 aliphatic heterocycles. The summed E-state index contributed by atoms with van der Waals surface area (Å²) in [6, 6.07) is 5.48. The SMILES string of the molecule is COc1cc(C(=O)N(C)C)ccc1Cn1ncc2nc(N)nc(NCC3CC4(CC4)C3)c21. The molecule has 2 aliphatic rings. The fourth-order valence-corrected chi connectivity index (χ4v) is 4.82. The van der Waals surface area contributed by atoms with Crippen LogP contribution in [0.4, 0.5) is 11.8 Å². The minimum absolute atomic E-state index is 0.0706. The Morgan fingerprint density at radius 3 is 2.78 bits per heavy atom. The van der Waals surface area contributed by atoms with Gasteiger partial charge in [-0.3, -0.25) is 9.48 Å². The number of amides is 1.